The molecular weight excluding hydrogens is 258 g/mol. The van der Waals surface area contributed by atoms with Crippen molar-refractivity contribution in [2.75, 3.05) is 14.2 Å². The molecule has 0 aliphatic carbocycles. The number of ether oxygens (including phenoxy) is 1. The number of rotatable bonds is 3. The van der Waals surface area contributed by atoms with Gasteiger partial charge in [0.1, 0.15) is 11.3 Å². The third kappa shape index (κ3) is 2.56. The molecule has 0 unspecified atom stereocenters. The third-order valence-electron chi connectivity index (χ3n) is 3.03. The summed E-state index contributed by atoms with van der Waals surface area (Å²) in [5.41, 5.74) is 2.10. The first-order valence-corrected chi connectivity index (χ1v) is 6.08. The molecule has 104 valence electrons. The normalized spacial score (nSPS) is 10.9. The van der Waals surface area contributed by atoms with Gasteiger partial charge in [-0.25, -0.2) is 4.79 Å². The Bertz CT molecular complexity index is 697. The molecule has 20 heavy (non-hydrogen) atoms. The van der Waals surface area contributed by atoms with Crippen molar-refractivity contribution in [3.05, 3.63) is 41.2 Å². The second-order valence-electron chi connectivity index (χ2n) is 4.24. The van der Waals surface area contributed by atoms with Crippen LogP contribution in [0.5, 0.6) is 0 Å². The number of fused-ring (bicyclic) bond motifs is 1. The highest BCUT2D eigenvalue weighted by Crippen LogP contribution is 2.27. The summed E-state index contributed by atoms with van der Waals surface area (Å²) < 4.78 is 10.2. The second-order valence-corrected chi connectivity index (χ2v) is 4.24. The minimum absolute atomic E-state index is 0.154. The number of amides is 1. The van der Waals surface area contributed by atoms with Crippen molar-refractivity contribution in [1.29, 1.82) is 0 Å². The van der Waals surface area contributed by atoms with Crippen molar-refractivity contribution in [1.82, 2.24) is 5.32 Å². The van der Waals surface area contributed by atoms with Crippen LogP contribution in [-0.4, -0.2) is 26.0 Å². The van der Waals surface area contributed by atoms with E-state index < -0.39 is 5.97 Å². The molecule has 0 aliphatic heterocycles. The van der Waals surface area contributed by atoms with Crippen molar-refractivity contribution >= 4 is 28.9 Å². The largest absolute Gasteiger partial charge is 0.466 e. The molecule has 0 aliphatic rings. The molecule has 1 amide bonds. The van der Waals surface area contributed by atoms with Crippen LogP contribution < -0.4 is 5.32 Å². The number of esters is 1. The summed E-state index contributed by atoms with van der Waals surface area (Å²) in [6.45, 7) is 1.87. The number of nitrogens with one attached hydrogen (secondary N) is 1. The van der Waals surface area contributed by atoms with Crippen molar-refractivity contribution in [2.45, 2.75) is 6.92 Å². The van der Waals surface area contributed by atoms with Gasteiger partial charge in [0.15, 0.2) is 0 Å². The van der Waals surface area contributed by atoms with Gasteiger partial charge >= 0.3 is 5.97 Å². The van der Waals surface area contributed by atoms with E-state index in [4.69, 9.17) is 4.42 Å². The summed E-state index contributed by atoms with van der Waals surface area (Å²) in [5.74, 6) is -0.0329. The minimum atomic E-state index is -0.448. The highest BCUT2D eigenvalue weighted by Gasteiger charge is 2.11. The topological polar surface area (TPSA) is 68.5 Å². The Hall–Kier alpha value is -2.56. The Morgan fingerprint density at radius 3 is 2.75 bits per heavy atom. The number of hydrogen-bond donors (Lipinski definition) is 1. The molecule has 1 aromatic carbocycles. The first-order chi connectivity index (χ1) is 9.56. The fraction of sp³-hybridized carbons (Fsp3) is 0.200. The summed E-state index contributed by atoms with van der Waals surface area (Å²) in [6.07, 6.45) is 2.85. The Kier molecular flexibility index (Phi) is 3.89. The lowest BCUT2D eigenvalue weighted by Crippen LogP contribution is -2.17. The molecule has 0 saturated carbocycles. The number of aryl methyl sites for hydroxylation is 1. The molecule has 0 spiro atoms. The zero-order valence-corrected chi connectivity index (χ0v) is 11.5. The maximum absolute atomic E-state index is 11.6. The molecule has 2 rings (SSSR count). The Balaban J connectivity index is 2.45. The molecule has 1 aromatic heterocycles. The summed E-state index contributed by atoms with van der Waals surface area (Å²) in [5, 5.41) is 3.42. The van der Waals surface area contributed by atoms with Crippen LogP contribution in [0, 0.1) is 6.92 Å². The van der Waals surface area contributed by atoms with Crippen LogP contribution in [0.2, 0.25) is 0 Å². The Morgan fingerprint density at radius 2 is 2.10 bits per heavy atom. The van der Waals surface area contributed by atoms with Crippen LogP contribution in [0.3, 0.4) is 0 Å². The van der Waals surface area contributed by atoms with Gasteiger partial charge in [-0.05, 0) is 31.2 Å². The van der Waals surface area contributed by atoms with Crippen molar-refractivity contribution in [3.63, 3.8) is 0 Å². The number of furan rings is 1. The zero-order chi connectivity index (χ0) is 14.7. The van der Waals surface area contributed by atoms with E-state index in [0.717, 1.165) is 10.9 Å². The average molecular weight is 273 g/mol. The maximum Gasteiger partial charge on any atom is 0.330 e. The van der Waals surface area contributed by atoms with E-state index in [-0.39, 0.29) is 5.91 Å². The van der Waals surface area contributed by atoms with E-state index >= 15 is 0 Å². The fourth-order valence-electron chi connectivity index (χ4n) is 1.90. The van der Waals surface area contributed by atoms with Crippen LogP contribution in [0.25, 0.3) is 17.0 Å². The highest BCUT2D eigenvalue weighted by atomic mass is 16.5. The molecule has 0 fully saturated rings. The molecular formula is C15H15NO4. The van der Waals surface area contributed by atoms with E-state index in [0.29, 0.717) is 16.9 Å². The van der Waals surface area contributed by atoms with Crippen molar-refractivity contribution in [3.8, 4) is 0 Å². The van der Waals surface area contributed by atoms with E-state index in [2.05, 4.69) is 10.1 Å². The minimum Gasteiger partial charge on any atom is -0.466 e. The van der Waals surface area contributed by atoms with Crippen LogP contribution in [0.1, 0.15) is 21.7 Å². The maximum atomic E-state index is 11.6. The quantitative estimate of drug-likeness (QED) is 0.688. The highest BCUT2D eigenvalue weighted by molar-refractivity contribution is 5.99. The van der Waals surface area contributed by atoms with Crippen LogP contribution >= 0.6 is 0 Å². The van der Waals surface area contributed by atoms with E-state index in [1.54, 1.807) is 31.3 Å². The molecule has 0 radical (unpaired) electrons. The number of hydrogen-bond acceptors (Lipinski definition) is 4. The van der Waals surface area contributed by atoms with Gasteiger partial charge in [-0.3, -0.25) is 4.79 Å². The molecule has 0 bridgehead atoms. The van der Waals surface area contributed by atoms with Gasteiger partial charge in [-0.1, -0.05) is 0 Å². The first kappa shape index (κ1) is 13.9. The fourth-order valence-corrected chi connectivity index (χ4v) is 1.90. The van der Waals surface area contributed by atoms with E-state index in [1.165, 1.54) is 13.2 Å². The van der Waals surface area contributed by atoms with E-state index in [9.17, 15) is 9.59 Å². The number of methoxy groups -OCH3 is 1. The molecule has 5 nitrogen and oxygen atoms in total. The second kappa shape index (κ2) is 5.61. The lowest BCUT2D eigenvalue weighted by atomic mass is 10.1. The predicted octanol–water partition coefficient (Wildman–Crippen LogP) is 2.29. The average Bonchev–Trinajstić information content (AvgIpc) is 2.79. The van der Waals surface area contributed by atoms with Crippen LogP contribution in [0.15, 0.2) is 28.7 Å². The Labute approximate surface area is 116 Å². The van der Waals surface area contributed by atoms with Gasteiger partial charge in [0, 0.05) is 29.6 Å². The van der Waals surface area contributed by atoms with Gasteiger partial charge in [0.25, 0.3) is 5.91 Å². The lowest BCUT2D eigenvalue weighted by molar-refractivity contribution is -0.134. The SMILES string of the molecule is CNC(=O)c1ccc2oc(/C=C/C(=O)OC)c(C)c2c1. The monoisotopic (exact) mass is 273 g/mol. The molecule has 1 heterocycles. The predicted molar refractivity (Wildman–Crippen MR) is 75.4 cm³/mol. The van der Waals surface area contributed by atoms with E-state index in [1.807, 2.05) is 6.92 Å². The standard InChI is InChI=1S/C15H15NO4/c1-9-11-8-10(15(18)16-2)4-5-13(11)20-12(9)6-7-14(17)19-3/h4-8H,1-3H3,(H,16,18)/b7-6+. The third-order valence-corrected chi connectivity index (χ3v) is 3.03. The molecule has 0 atom stereocenters. The van der Waals surface area contributed by atoms with Crippen molar-refractivity contribution < 1.29 is 18.7 Å². The number of benzene rings is 1. The zero-order valence-electron chi connectivity index (χ0n) is 11.5. The van der Waals surface area contributed by atoms with Gasteiger partial charge in [0.05, 0.1) is 7.11 Å². The summed E-state index contributed by atoms with van der Waals surface area (Å²) in [7, 11) is 2.90. The Morgan fingerprint density at radius 1 is 1.35 bits per heavy atom. The first-order valence-electron chi connectivity index (χ1n) is 6.08. The summed E-state index contributed by atoms with van der Waals surface area (Å²) in [6, 6.07) is 5.20. The summed E-state index contributed by atoms with van der Waals surface area (Å²) >= 11 is 0. The van der Waals surface area contributed by atoms with Gasteiger partial charge in [-0.15, -0.1) is 0 Å². The molecule has 2 aromatic rings. The molecule has 5 heteroatoms. The van der Waals surface area contributed by atoms with Gasteiger partial charge in [-0.2, -0.15) is 0 Å². The van der Waals surface area contributed by atoms with Crippen LogP contribution in [-0.2, 0) is 9.53 Å². The smallest absolute Gasteiger partial charge is 0.330 e. The molecule has 0 saturated heterocycles. The van der Waals surface area contributed by atoms with Gasteiger partial charge in [0.2, 0.25) is 0 Å². The summed E-state index contributed by atoms with van der Waals surface area (Å²) in [4.78, 5) is 22.7. The lowest BCUT2D eigenvalue weighted by Gasteiger charge is -1.99. The van der Waals surface area contributed by atoms with Crippen molar-refractivity contribution in [2.24, 2.45) is 0 Å². The molecule has 1 N–H and O–H groups in total. The number of carbonyl (C=O) groups excluding carboxylic acids is 2. The van der Waals surface area contributed by atoms with Gasteiger partial charge < -0.3 is 14.5 Å². The number of carbonyl (C=O) groups is 2. The van der Waals surface area contributed by atoms with Crippen LogP contribution in [0.4, 0.5) is 0 Å².